The van der Waals surface area contributed by atoms with Crippen LogP contribution in [0, 0.1) is 0 Å². The van der Waals surface area contributed by atoms with Gasteiger partial charge in [-0.2, -0.15) is 0 Å². The Labute approximate surface area is 125 Å². The molecule has 0 saturated carbocycles. The van der Waals surface area contributed by atoms with Gasteiger partial charge in [0.25, 0.3) is 0 Å². The highest BCUT2D eigenvalue weighted by atomic mass is 16.2. The number of nitrogens with zero attached hydrogens (tertiary/aromatic N) is 2. The molecule has 4 heteroatoms. The summed E-state index contributed by atoms with van der Waals surface area (Å²) in [6, 6.07) is 13.7. The number of aromatic nitrogens is 1. The number of hydrogen-bond acceptors (Lipinski definition) is 3. The molecule has 1 amide bonds. The number of amides is 1. The molecule has 0 aliphatic rings. The fourth-order valence-electron chi connectivity index (χ4n) is 2.21. The fourth-order valence-corrected chi connectivity index (χ4v) is 2.21. The van der Waals surface area contributed by atoms with Gasteiger partial charge in [-0.1, -0.05) is 31.2 Å². The van der Waals surface area contributed by atoms with Crippen LogP contribution in [0.2, 0.25) is 0 Å². The van der Waals surface area contributed by atoms with Gasteiger partial charge in [0.1, 0.15) is 0 Å². The molecular weight excluding hydrogens is 262 g/mol. The molecule has 1 aromatic heterocycles. The summed E-state index contributed by atoms with van der Waals surface area (Å²) in [6.45, 7) is 3.08. The molecule has 2 aromatic rings. The predicted molar refractivity (Wildman–Crippen MR) is 85.0 cm³/mol. The SMILES string of the molecule is CCc1ccccc1NC(=O)CN(C)Cc1ccccn1. The number of aryl methyl sites for hydroxylation is 1. The van der Waals surface area contributed by atoms with E-state index in [1.165, 1.54) is 0 Å². The van der Waals surface area contributed by atoms with Crippen LogP contribution in [0.5, 0.6) is 0 Å². The molecular formula is C17H21N3O. The number of nitrogens with one attached hydrogen (secondary N) is 1. The van der Waals surface area contributed by atoms with Gasteiger partial charge in [0, 0.05) is 18.4 Å². The number of carbonyl (C=O) groups excluding carboxylic acids is 1. The standard InChI is InChI=1S/C17H21N3O/c1-3-14-8-4-5-10-16(14)19-17(21)13-20(2)12-15-9-6-7-11-18-15/h4-11H,3,12-13H2,1-2H3,(H,19,21). The van der Waals surface area contributed by atoms with Gasteiger partial charge in [-0.15, -0.1) is 0 Å². The lowest BCUT2D eigenvalue weighted by atomic mass is 10.1. The minimum atomic E-state index is -0.00525. The smallest absolute Gasteiger partial charge is 0.238 e. The van der Waals surface area contributed by atoms with Gasteiger partial charge in [0.05, 0.1) is 12.2 Å². The largest absolute Gasteiger partial charge is 0.325 e. The molecule has 0 atom stereocenters. The Morgan fingerprint density at radius 2 is 1.95 bits per heavy atom. The Hall–Kier alpha value is -2.20. The van der Waals surface area contributed by atoms with Crippen molar-refractivity contribution in [3.63, 3.8) is 0 Å². The minimum absolute atomic E-state index is 0.00525. The Morgan fingerprint density at radius 1 is 1.19 bits per heavy atom. The van der Waals surface area contributed by atoms with Crippen LogP contribution in [-0.2, 0) is 17.8 Å². The van der Waals surface area contributed by atoms with Crippen molar-refractivity contribution in [3.05, 3.63) is 59.9 Å². The lowest BCUT2D eigenvalue weighted by Gasteiger charge is -2.16. The molecule has 1 heterocycles. The maximum atomic E-state index is 12.1. The Kier molecular flexibility index (Phi) is 5.46. The first kappa shape index (κ1) is 15.2. The van der Waals surface area contributed by atoms with Crippen molar-refractivity contribution in [2.24, 2.45) is 0 Å². The van der Waals surface area contributed by atoms with Crippen LogP contribution in [0.25, 0.3) is 0 Å². The molecule has 0 aliphatic heterocycles. The maximum Gasteiger partial charge on any atom is 0.238 e. The normalized spacial score (nSPS) is 10.6. The van der Waals surface area contributed by atoms with Crippen LogP contribution >= 0.6 is 0 Å². The van der Waals surface area contributed by atoms with Gasteiger partial charge in [0.15, 0.2) is 0 Å². The van der Waals surface area contributed by atoms with Crippen molar-refractivity contribution in [1.29, 1.82) is 0 Å². The van der Waals surface area contributed by atoms with Crippen LogP contribution in [0.1, 0.15) is 18.2 Å². The average Bonchev–Trinajstić information content (AvgIpc) is 2.48. The number of para-hydroxylation sites is 1. The third-order valence-corrected chi connectivity index (χ3v) is 3.24. The van der Waals surface area contributed by atoms with Crippen molar-refractivity contribution in [2.75, 3.05) is 18.9 Å². The lowest BCUT2D eigenvalue weighted by molar-refractivity contribution is -0.117. The van der Waals surface area contributed by atoms with Crippen LogP contribution in [0.3, 0.4) is 0 Å². The van der Waals surface area contributed by atoms with E-state index in [4.69, 9.17) is 0 Å². The zero-order valence-electron chi connectivity index (χ0n) is 12.5. The van der Waals surface area contributed by atoms with Crippen molar-refractivity contribution in [3.8, 4) is 0 Å². The fraction of sp³-hybridized carbons (Fsp3) is 0.294. The van der Waals surface area contributed by atoms with E-state index < -0.39 is 0 Å². The van der Waals surface area contributed by atoms with E-state index in [0.29, 0.717) is 13.1 Å². The number of hydrogen-bond donors (Lipinski definition) is 1. The van der Waals surface area contributed by atoms with Crippen molar-refractivity contribution >= 4 is 11.6 Å². The average molecular weight is 283 g/mol. The summed E-state index contributed by atoms with van der Waals surface area (Å²) in [4.78, 5) is 18.3. The van der Waals surface area contributed by atoms with E-state index >= 15 is 0 Å². The predicted octanol–water partition coefficient (Wildman–Crippen LogP) is 2.71. The van der Waals surface area contributed by atoms with Crippen molar-refractivity contribution in [2.45, 2.75) is 19.9 Å². The van der Waals surface area contributed by atoms with Gasteiger partial charge in [-0.25, -0.2) is 0 Å². The van der Waals surface area contributed by atoms with Crippen LogP contribution < -0.4 is 5.32 Å². The summed E-state index contributed by atoms with van der Waals surface area (Å²) in [5, 5.41) is 2.98. The molecule has 0 spiro atoms. The number of pyridine rings is 1. The second-order valence-electron chi connectivity index (χ2n) is 5.05. The van der Waals surface area contributed by atoms with Crippen molar-refractivity contribution < 1.29 is 4.79 Å². The van der Waals surface area contributed by atoms with Gasteiger partial charge in [0.2, 0.25) is 5.91 Å². The van der Waals surface area contributed by atoms with Crippen LogP contribution in [0.4, 0.5) is 5.69 Å². The summed E-state index contributed by atoms with van der Waals surface area (Å²) in [7, 11) is 1.92. The highest BCUT2D eigenvalue weighted by Gasteiger charge is 2.09. The molecule has 0 bridgehead atoms. The molecule has 21 heavy (non-hydrogen) atoms. The summed E-state index contributed by atoms with van der Waals surface area (Å²) >= 11 is 0. The second-order valence-corrected chi connectivity index (χ2v) is 5.05. The zero-order valence-corrected chi connectivity index (χ0v) is 12.5. The molecule has 0 radical (unpaired) electrons. The Balaban J connectivity index is 1.89. The quantitative estimate of drug-likeness (QED) is 0.886. The van der Waals surface area contributed by atoms with Gasteiger partial charge < -0.3 is 5.32 Å². The van der Waals surface area contributed by atoms with Crippen LogP contribution in [-0.4, -0.2) is 29.4 Å². The Morgan fingerprint density at radius 3 is 2.67 bits per heavy atom. The molecule has 1 N–H and O–H groups in total. The number of rotatable bonds is 6. The van der Waals surface area contributed by atoms with Crippen LogP contribution in [0.15, 0.2) is 48.7 Å². The summed E-state index contributed by atoms with van der Waals surface area (Å²) < 4.78 is 0. The molecule has 0 aliphatic carbocycles. The molecule has 2 rings (SSSR count). The van der Waals surface area contributed by atoms with E-state index in [0.717, 1.165) is 23.4 Å². The zero-order chi connectivity index (χ0) is 15.1. The van der Waals surface area contributed by atoms with Gasteiger partial charge in [-0.3, -0.25) is 14.7 Å². The number of benzene rings is 1. The monoisotopic (exact) mass is 283 g/mol. The Bertz CT molecular complexity index is 584. The summed E-state index contributed by atoms with van der Waals surface area (Å²) in [5.41, 5.74) is 3.01. The third-order valence-electron chi connectivity index (χ3n) is 3.24. The minimum Gasteiger partial charge on any atom is -0.325 e. The van der Waals surface area contributed by atoms with E-state index in [-0.39, 0.29) is 5.91 Å². The molecule has 0 unspecified atom stereocenters. The lowest BCUT2D eigenvalue weighted by Crippen LogP contribution is -2.30. The molecule has 1 aromatic carbocycles. The van der Waals surface area contributed by atoms with Gasteiger partial charge >= 0.3 is 0 Å². The molecule has 4 nitrogen and oxygen atoms in total. The van der Waals surface area contributed by atoms with E-state index in [1.807, 2.05) is 54.4 Å². The topological polar surface area (TPSA) is 45.2 Å². The first-order valence-corrected chi connectivity index (χ1v) is 7.15. The van der Waals surface area contributed by atoms with Crippen molar-refractivity contribution in [1.82, 2.24) is 9.88 Å². The summed E-state index contributed by atoms with van der Waals surface area (Å²) in [5.74, 6) is -0.00525. The van der Waals surface area contributed by atoms with E-state index in [2.05, 4.69) is 17.2 Å². The third kappa shape index (κ3) is 4.68. The number of anilines is 1. The number of likely N-dealkylation sites (N-methyl/N-ethyl adjacent to an activating group) is 1. The second kappa shape index (κ2) is 7.55. The highest BCUT2D eigenvalue weighted by Crippen LogP contribution is 2.15. The van der Waals surface area contributed by atoms with Gasteiger partial charge in [-0.05, 0) is 37.2 Å². The maximum absolute atomic E-state index is 12.1. The molecule has 0 saturated heterocycles. The first-order chi connectivity index (χ1) is 10.2. The van der Waals surface area contributed by atoms with E-state index in [1.54, 1.807) is 6.20 Å². The molecule has 0 fully saturated rings. The molecule has 110 valence electrons. The summed E-state index contributed by atoms with van der Waals surface area (Å²) in [6.07, 6.45) is 2.67. The first-order valence-electron chi connectivity index (χ1n) is 7.15. The van der Waals surface area contributed by atoms with E-state index in [9.17, 15) is 4.79 Å². The number of carbonyl (C=O) groups is 1. The highest BCUT2D eigenvalue weighted by molar-refractivity contribution is 5.92.